The Hall–Kier alpha value is -0.900. The second-order valence-electron chi connectivity index (χ2n) is 6.28. The van der Waals surface area contributed by atoms with Gasteiger partial charge in [0.05, 0.1) is 0 Å². The molecule has 0 heterocycles. The molecule has 0 spiro atoms. The van der Waals surface area contributed by atoms with Gasteiger partial charge in [-0.3, -0.25) is 4.90 Å². The van der Waals surface area contributed by atoms with Crippen molar-refractivity contribution in [3.05, 3.63) is 35.4 Å². The lowest BCUT2D eigenvalue weighted by atomic mass is 10.00. The highest BCUT2D eigenvalue weighted by Gasteiger charge is 2.07. The van der Waals surface area contributed by atoms with E-state index in [1.807, 2.05) is 7.05 Å². The molecule has 0 saturated heterocycles. The molecule has 1 aromatic rings. The van der Waals surface area contributed by atoms with Gasteiger partial charge < -0.3 is 10.2 Å². The molecule has 0 saturated carbocycles. The van der Waals surface area contributed by atoms with Gasteiger partial charge in [0.15, 0.2) is 0 Å². The first-order chi connectivity index (χ1) is 10.1. The van der Waals surface area contributed by atoms with E-state index in [0.29, 0.717) is 5.92 Å². The predicted octanol–water partition coefficient (Wildman–Crippen LogP) is 2.78. The lowest BCUT2D eigenvalue weighted by Gasteiger charge is -2.24. The summed E-state index contributed by atoms with van der Waals surface area (Å²) in [7, 11) is 6.29. The summed E-state index contributed by atoms with van der Waals surface area (Å²) in [5.41, 5.74) is 2.84. The van der Waals surface area contributed by atoms with Crippen molar-refractivity contribution >= 4 is 0 Å². The van der Waals surface area contributed by atoms with Gasteiger partial charge in [-0.15, -0.1) is 0 Å². The number of likely N-dealkylation sites (N-methyl/N-ethyl adjacent to an activating group) is 2. The highest BCUT2D eigenvalue weighted by atomic mass is 15.2. The van der Waals surface area contributed by atoms with Crippen LogP contribution in [0.15, 0.2) is 24.3 Å². The smallest absolute Gasteiger partial charge is 0.0234 e. The van der Waals surface area contributed by atoms with Crippen molar-refractivity contribution in [2.45, 2.75) is 32.7 Å². The molecular formula is C18H33N3. The van der Waals surface area contributed by atoms with Gasteiger partial charge in [0.1, 0.15) is 0 Å². The molecule has 3 heteroatoms. The van der Waals surface area contributed by atoms with Crippen LogP contribution in [0.25, 0.3) is 0 Å². The Morgan fingerprint density at radius 1 is 1.05 bits per heavy atom. The van der Waals surface area contributed by atoms with E-state index in [1.54, 1.807) is 0 Å². The molecule has 0 fully saturated rings. The SMILES string of the molecule is CCCN(CCN(C)C)Cc1ccc(C(C)CNC)cc1. The maximum atomic E-state index is 3.24. The van der Waals surface area contributed by atoms with Gasteiger partial charge in [-0.1, -0.05) is 38.1 Å². The average molecular weight is 291 g/mol. The molecule has 120 valence electrons. The average Bonchev–Trinajstić information content (AvgIpc) is 2.46. The molecule has 1 unspecified atom stereocenters. The van der Waals surface area contributed by atoms with Crippen LogP contribution in [0.2, 0.25) is 0 Å². The lowest BCUT2D eigenvalue weighted by Crippen LogP contribution is -2.32. The summed E-state index contributed by atoms with van der Waals surface area (Å²) in [5, 5.41) is 3.24. The minimum Gasteiger partial charge on any atom is -0.319 e. The molecule has 1 aromatic carbocycles. The highest BCUT2D eigenvalue weighted by molar-refractivity contribution is 5.25. The molecule has 0 aliphatic rings. The molecule has 0 aromatic heterocycles. The van der Waals surface area contributed by atoms with Crippen molar-refractivity contribution in [3.63, 3.8) is 0 Å². The molecule has 3 nitrogen and oxygen atoms in total. The number of hydrogen-bond donors (Lipinski definition) is 1. The highest BCUT2D eigenvalue weighted by Crippen LogP contribution is 2.16. The molecule has 1 atom stereocenters. The van der Waals surface area contributed by atoms with E-state index in [9.17, 15) is 0 Å². The van der Waals surface area contributed by atoms with E-state index in [0.717, 1.165) is 26.2 Å². The molecule has 0 amide bonds. The molecule has 0 radical (unpaired) electrons. The predicted molar refractivity (Wildman–Crippen MR) is 92.9 cm³/mol. The van der Waals surface area contributed by atoms with E-state index in [-0.39, 0.29) is 0 Å². The van der Waals surface area contributed by atoms with Crippen molar-refractivity contribution in [2.24, 2.45) is 0 Å². The Balaban J connectivity index is 2.58. The number of nitrogens with one attached hydrogen (secondary N) is 1. The van der Waals surface area contributed by atoms with Crippen LogP contribution in [0, 0.1) is 0 Å². The van der Waals surface area contributed by atoms with Crippen LogP contribution in [0.5, 0.6) is 0 Å². The summed E-state index contributed by atoms with van der Waals surface area (Å²) in [6.07, 6.45) is 1.21. The Kier molecular flexibility index (Phi) is 8.58. The first kappa shape index (κ1) is 18.1. The summed E-state index contributed by atoms with van der Waals surface area (Å²) in [4.78, 5) is 4.80. The fourth-order valence-electron chi connectivity index (χ4n) is 2.56. The molecular weight excluding hydrogens is 258 g/mol. The zero-order valence-electron chi connectivity index (χ0n) is 14.5. The lowest BCUT2D eigenvalue weighted by molar-refractivity contribution is 0.234. The summed E-state index contributed by atoms with van der Waals surface area (Å²) < 4.78 is 0. The standard InChI is InChI=1S/C18H33N3/c1-6-11-21(13-12-20(4)5)15-17-7-9-18(10-8-17)16(2)14-19-3/h7-10,16,19H,6,11-15H2,1-5H3. The first-order valence-corrected chi connectivity index (χ1v) is 8.17. The van der Waals surface area contributed by atoms with Gasteiger partial charge in [-0.25, -0.2) is 0 Å². The zero-order chi connectivity index (χ0) is 15.7. The van der Waals surface area contributed by atoms with E-state index < -0.39 is 0 Å². The van der Waals surface area contributed by atoms with Crippen molar-refractivity contribution < 1.29 is 0 Å². The van der Waals surface area contributed by atoms with Crippen LogP contribution in [-0.2, 0) is 6.54 Å². The van der Waals surface area contributed by atoms with Crippen molar-refractivity contribution in [2.75, 3.05) is 47.3 Å². The fourth-order valence-corrected chi connectivity index (χ4v) is 2.56. The Morgan fingerprint density at radius 2 is 1.71 bits per heavy atom. The fraction of sp³-hybridized carbons (Fsp3) is 0.667. The third kappa shape index (κ3) is 7.07. The monoisotopic (exact) mass is 291 g/mol. The van der Waals surface area contributed by atoms with Gasteiger partial charge in [0.2, 0.25) is 0 Å². The number of hydrogen-bond acceptors (Lipinski definition) is 3. The van der Waals surface area contributed by atoms with Gasteiger partial charge in [0.25, 0.3) is 0 Å². The molecule has 0 aliphatic heterocycles. The van der Waals surface area contributed by atoms with Gasteiger partial charge in [0, 0.05) is 26.2 Å². The second-order valence-corrected chi connectivity index (χ2v) is 6.28. The van der Waals surface area contributed by atoms with Crippen molar-refractivity contribution in [3.8, 4) is 0 Å². The molecule has 21 heavy (non-hydrogen) atoms. The van der Waals surface area contributed by atoms with Crippen LogP contribution >= 0.6 is 0 Å². The van der Waals surface area contributed by atoms with Gasteiger partial charge in [-0.2, -0.15) is 0 Å². The molecule has 0 aliphatic carbocycles. The minimum absolute atomic E-state index is 0.574. The Bertz CT molecular complexity index is 373. The number of nitrogens with zero attached hydrogens (tertiary/aromatic N) is 2. The normalized spacial score (nSPS) is 13.1. The van der Waals surface area contributed by atoms with Crippen LogP contribution < -0.4 is 5.32 Å². The van der Waals surface area contributed by atoms with Crippen LogP contribution in [0.3, 0.4) is 0 Å². The second kappa shape index (κ2) is 9.93. The summed E-state index contributed by atoms with van der Waals surface area (Å²) in [6.45, 7) is 10.0. The Labute approximate surface area is 131 Å². The summed E-state index contributed by atoms with van der Waals surface area (Å²) in [6, 6.07) is 9.15. The largest absolute Gasteiger partial charge is 0.319 e. The topological polar surface area (TPSA) is 18.5 Å². The summed E-state index contributed by atoms with van der Waals surface area (Å²) >= 11 is 0. The van der Waals surface area contributed by atoms with Crippen molar-refractivity contribution in [1.29, 1.82) is 0 Å². The zero-order valence-corrected chi connectivity index (χ0v) is 14.5. The van der Waals surface area contributed by atoms with E-state index in [4.69, 9.17) is 0 Å². The van der Waals surface area contributed by atoms with E-state index in [1.165, 1.54) is 24.1 Å². The third-order valence-corrected chi connectivity index (χ3v) is 3.87. The quantitative estimate of drug-likeness (QED) is 0.715. The number of rotatable bonds is 10. The van der Waals surface area contributed by atoms with Crippen molar-refractivity contribution in [1.82, 2.24) is 15.1 Å². The molecule has 1 N–H and O–H groups in total. The van der Waals surface area contributed by atoms with Crippen LogP contribution in [0.4, 0.5) is 0 Å². The van der Waals surface area contributed by atoms with E-state index in [2.05, 4.69) is 67.3 Å². The summed E-state index contributed by atoms with van der Waals surface area (Å²) in [5.74, 6) is 0.574. The number of benzene rings is 1. The van der Waals surface area contributed by atoms with Gasteiger partial charge >= 0.3 is 0 Å². The molecule has 1 rings (SSSR count). The third-order valence-electron chi connectivity index (χ3n) is 3.87. The molecule has 0 bridgehead atoms. The van der Waals surface area contributed by atoms with Crippen LogP contribution in [-0.4, -0.2) is 57.1 Å². The first-order valence-electron chi connectivity index (χ1n) is 8.17. The van der Waals surface area contributed by atoms with Crippen LogP contribution in [0.1, 0.15) is 37.3 Å². The van der Waals surface area contributed by atoms with E-state index >= 15 is 0 Å². The minimum atomic E-state index is 0.574. The Morgan fingerprint density at radius 3 is 2.24 bits per heavy atom. The van der Waals surface area contributed by atoms with Gasteiger partial charge in [-0.05, 0) is 51.2 Å². The maximum Gasteiger partial charge on any atom is 0.0234 e. The maximum absolute atomic E-state index is 3.24.